The monoisotopic (exact) mass is 294 g/mol. The predicted octanol–water partition coefficient (Wildman–Crippen LogP) is 1.77. The molecule has 1 aliphatic carbocycles. The number of hydrogen-bond donors (Lipinski definition) is 1. The molecule has 2 rings (SSSR count). The van der Waals surface area contributed by atoms with Gasteiger partial charge in [-0.3, -0.25) is 4.79 Å². The van der Waals surface area contributed by atoms with E-state index in [0.717, 1.165) is 24.6 Å². The number of carbonyl (C=O) groups is 1. The standard InChI is InChI=1S/C10H13F3N4OS/c1-6(8(18)14-4-10(11,12)13)19-9-16-15-5-17(9)7-2-3-7/h5-7H,2-4H2,1H3,(H,14,18). The van der Waals surface area contributed by atoms with E-state index in [1.54, 1.807) is 13.3 Å². The lowest BCUT2D eigenvalue weighted by Gasteiger charge is -2.13. The van der Waals surface area contributed by atoms with E-state index in [0.29, 0.717) is 11.2 Å². The Kier molecular flexibility index (Phi) is 4.02. The molecule has 1 aromatic rings. The number of halogens is 3. The lowest BCUT2D eigenvalue weighted by atomic mass is 10.4. The van der Waals surface area contributed by atoms with Crippen LogP contribution in [-0.4, -0.2) is 38.6 Å². The summed E-state index contributed by atoms with van der Waals surface area (Å²) in [4.78, 5) is 11.5. The maximum Gasteiger partial charge on any atom is 0.405 e. The summed E-state index contributed by atoms with van der Waals surface area (Å²) in [5.74, 6) is -0.660. The fraction of sp³-hybridized carbons (Fsp3) is 0.700. The highest BCUT2D eigenvalue weighted by atomic mass is 32.2. The molecule has 1 saturated carbocycles. The normalized spacial score (nSPS) is 17.3. The Hall–Kier alpha value is -1.25. The van der Waals surface area contributed by atoms with Gasteiger partial charge in [0.15, 0.2) is 5.16 Å². The Bertz CT molecular complexity index is 458. The van der Waals surface area contributed by atoms with E-state index in [4.69, 9.17) is 0 Å². The summed E-state index contributed by atoms with van der Waals surface area (Å²) in [6.07, 6.45) is -0.727. The van der Waals surface area contributed by atoms with Crippen LogP contribution in [0.1, 0.15) is 25.8 Å². The van der Waals surface area contributed by atoms with Gasteiger partial charge in [-0.1, -0.05) is 11.8 Å². The Morgan fingerprint density at radius 2 is 2.32 bits per heavy atom. The van der Waals surface area contributed by atoms with Crippen LogP contribution in [0, 0.1) is 0 Å². The zero-order valence-corrected chi connectivity index (χ0v) is 11.0. The molecule has 106 valence electrons. The van der Waals surface area contributed by atoms with Crippen LogP contribution in [0.25, 0.3) is 0 Å². The van der Waals surface area contributed by atoms with Gasteiger partial charge >= 0.3 is 6.18 Å². The molecule has 0 aromatic carbocycles. The van der Waals surface area contributed by atoms with Crippen LogP contribution in [0.2, 0.25) is 0 Å². The minimum absolute atomic E-state index is 0.364. The van der Waals surface area contributed by atoms with Gasteiger partial charge in [-0.15, -0.1) is 10.2 Å². The van der Waals surface area contributed by atoms with Crippen LogP contribution in [0.5, 0.6) is 0 Å². The molecule has 1 heterocycles. The van der Waals surface area contributed by atoms with Crippen molar-refractivity contribution >= 4 is 17.7 Å². The number of alkyl halides is 3. The highest BCUT2D eigenvalue weighted by Gasteiger charge is 2.30. The minimum Gasteiger partial charge on any atom is -0.346 e. The van der Waals surface area contributed by atoms with E-state index < -0.39 is 23.9 Å². The Labute approximate surface area is 112 Å². The predicted molar refractivity (Wildman–Crippen MR) is 62.7 cm³/mol. The van der Waals surface area contributed by atoms with Gasteiger partial charge in [-0.05, 0) is 19.8 Å². The van der Waals surface area contributed by atoms with E-state index in [9.17, 15) is 18.0 Å². The van der Waals surface area contributed by atoms with Gasteiger partial charge in [-0.2, -0.15) is 13.2 Å². The maximum absolute atomic E-state index is 12.0. The summed E-state index contributed by atoms with van der Waals surface area (Å²) in [5, 5.41) is 9.42. The molecular weight excluding hydrogens is 281 g/mol. The Balaban J connectivity index is 1.87. The lowest BCUT2D eigenvalue weighted by Crippen LogP contribution is -2.38. The smallest absolute Gasteiger partial charge is 0.346 e. The molecule has 1 N–H and O–H groups in total. The van der Waals surface area contributed by atoms with Crippen molar-refractivity contribution in [2.45, 2.75) is 42.4 Å². The first-order valence-electron chi connectivity index (χ1n) is 5.77. The molecule has 1 amide bonds. The topological polar surface area (TPSA) is 59.8 Å². The number of aromatic nitrogens is 3. The first-order valence-corrected chi connectivity index (χ1v) is 6.65. The first kappa shape index (κ1) is 14.2. The van der Waals surface area contributed by atoms with Crippen molar-refractivity contribution in [3.63, 3.8) is 0 Å². The van der Waals surface area contributed by atoms with E-state index in [-0.39, 0.29) is 0 Å². The molecule has 0 aliphatic heterocycles. The highest BCUT2D eigenvalue weighted by molar-refractivity contribution is 8.00. The van der Waals surface area contributed by atoms with Crippen molar-refractivity contribution < 1.29 is 18.0 Å². The van der Waals surface area contributed by atoms with E-state index in [2.05, 4.69) is 10.2 Å². The summed E-state index contributed by atoms with van der Waals surface area (Å²) in [7, 11) is 0. The molecule has 0 saturated heterocycles. The van der Waals surface area contributed by atoms with Crippen LogP contribution in [0.4, 0.5) is 13.2 Å². The van der Waals surface area contributed by atoms with Crippen LogP contribution in [0.3, 0.4) is 0 Å². The van der Waals surface area contributed by atoms with Crippen molar-refractivity contribution in [1.82, 2.24) is 20.1 Å². The quantitative estimate of drug-likeness (QED) is 0.841. The average molecular weight is 294 g/mol. The summed E-state index contributed by atoms with van der Waals surface area (Å²) in [6, 6.07) is 0.364. The largest absolute Gasteiger partial charge is 0.405 e. The summed E-state index contributed by atoms with van der Waals surface area (Å²) in [6.45, 7) is 0.230. The van der Waals surface area contributed by atoms with Crippen molar-refractivity contribution in [1.29, 1.82) is 0 Å². The summed E-state index contributed by atoms with van der Waals surface area (Å²) in [5.41, 5.74) is 0. The summed E-state index contributed by atoms with van der Waals surface area (Å²) >= 11 is 1.11. The Morgan fingerprint density at radius 1 is 1.63 bits per heavy atom. The highest BCUT2D eigenvalue weighted by Crippen LogP contribution is 2.37. The van der Waals surface area contributed by atoms with Crippen molar-refractivity contribution in [2.24, 2.45) is 0 Å². The number of nitrogens with one attached hydrogen (secondary N) is 1. The van der Waals surface area contributed by atoms with Crippen molar-refractivity contribution in [3.05, 3.63) is 6.33 Å². The van der Waals surface area contributed by atoms with Gasteiger partial charge in [0.25, 0.3) is 0 Å². The molecule has 9 heteroatoms. The lowest BCUT2D eigenvalue weighted by molar-refractivity contribution is -0.137. The average Bonchev–Trinajstić information content (AvgIpc) is 3.06. The zero-order valence-electron chi connectivity index (χ0n) is 10.1. The number of carbonyl (C=O) groups excluding carboxylic acids is 1. The fourth-order valence-corrected chi connectivity index (χ4v) is 2.38. The first-order chi connectivity index (χ1) is 8.87. The number of hydrogen-bond acceptors (Lipinski definition) is 4. The molecule has 1 unspecified atom stereocenters. The molecular formula is C10H13F3N4OS. The van der Waals surface area contributed by atoms with Gasteiger partial charge < -0.3 is 9.88 Å². The number of amides is 1. The minimum atomic E-state index is -4.39. The van der Waals surface area contributed by atoms with Crippen LogP contribution in [0.15, 0.2) is 11.5 Å². The number of thioether (sulfide) groups is 1. The summed E-state index contributed by atoms with van der Waals surface area (Å²) < 4.78 is 37.8. The van der Waals surface area contributed by atoms with Crippen LogP contribution in [-0.2, 0) is 4.79 Å². The molecule has 5 nitrogen and oxygen atoms in total. The maximum atomic E-state index is 12.0. The molecule has 0 spiro atoms. The molecule has 1 aromatic heterocycles. The zero-order chi connectivity index (χ0) is 14.0. The molecule has 0 radical (unpaired) electrons. The Morgan fingerprint density at radius 3 is 2.89 bits per heavy atom. The second-order valence-electron chi connectivity index (χ2n) is 4.35. The molecule has 19 heavy (non-hydrogen) atoms. The third kappa shape index (κ3) is 4.12. The third-order valence-corrected chi connectivity index (χ3v) is 3.67. The van der Waals surface area contributed by atoms with E-state index in [1.165, 1.54) is 0 Å². The van der Waals surface area contributed by atoms with Gasteiger partial charge in [0, 0.05) is 6.04 Å². The number of rotatable bonds is 5. The van der Waals surface area contributed by atoms with Gasteiger partial charge in [0.1, 0.15) is 12.9 Å². The second-order valence-corrected chi connectivity index (χ2v) is 5.65. The van der Waals surface area contributed by atoms with Gasteiger partial charge in [-0.25, -0.2) is 0 Å². The molecule has 1 fully saturated rings. The SMILES string of the molecule is CC(Sc1nncn1C1CC1)C(=O)NCC(F)(F)F. The van der Waals surface area contributed by atoms with E-state index in [1.807, 2.05) is 9.88 Å². The molecule has 0 bridgehead atoms. The molecule has 1 aliphatic rings. The molecule has 1 atom stereocenters. The number of nitrogens with zero attached hydrogens (tertiary/aromatic N) is 3. The second kappa shape index (κ2) is 5.40. The van der Waals surface area contributed by atoms with Crippen LogP contribution >= 0.6 is 11.8 Å². The fourth-order valence-electron chi connectivity index (χ4n) is 1.46. The van der Waals surface area contributed by atoms with Crippen molar-refractivity contribution in [3.8, 4) is 0 Å². The third-order valence-electron chi connectivity index (χ3n) is 2.59. The van der Waals surface area contributed by atoms with Gasteiger partial charge in [0.2, 0.25) is 5.91 Å². The van der Waals surface area contributed by atoms with Crippen molar-refractivity contribution in [2.75, 3.05) is 6.54 Å². The van der Waals surface area contributed by atoms with Crippen LogP contribution < -0.4 is 5.32 Å². The van der Waals surface area contributed by atoms with E-state index >= 15 is 0 Å². The van der Waals surface area contributed by atoms with Gasteiger partial charge in [0.05, 0.1) is 5.25 Å².